The van der Waals surface area contributed by atoms with Crippen molar-refractivity contribution in [1.29, 1.82) is 0 Å². The van der Waals surface area contributed by atoms with Crippen molar-refractivity contribution in [2.75, 3.05) is 0 Å². The van der Waals surface area contributed by atoms with Gasteiger partial charge in [-0.25, -0.2) is 0 Å². The smallest absolute Gasteiger partial charge is 0.0920 e. The van der Waals surface area contributed by atoms with Gasteiger partial charge in [0.25, 0.3) is 0 Å². The normalized spacial score (nSPS) is 48.2. The van der Waals surface area contributed by atoms with E-state index in [1.54, 1.807) is 0 Å². The van der Waals surface area contributed by atoms with Gasteiger partial charge in [0.05, 0.1) is 11.7 Å². The van der Waals surface area contributed by atoms with Crippen LogP contribution in [0.3, 0.4) is 0 Å². The molecule has 2 fully saturated rings. The van der Waals surface area contributed by atoms with Crippen LogP contribution in [0, 0.1) is 5.92 Å². The van der Waals surface area contributed by atoms with Crippen molar-refractivity contribution in [3.05, 3.63) is 12.2 Å². The van der Waals surface area contributed by atoms with Crippen molar-refractivity contribution in [1.82, 2.24) is 0 Å². The average molecular weight is 152 g/mol. The molecule has 3 atom stereocenters. The highest BCUT2D eigenvalue weighted by atomic mass is 16.6. The number of epoxide rings is 1. The first-order chi connectivity index (χ1) is 5.12. The quantitative estimate of drug-likeness (QED) is 0.415. The molecule has 2 rings (SSSR count). The van der Waals surface area contributed by atoms with Crippen molar-refractivity contribution >= 4 is 0 Å². The summed E-state index contributed by atoms with van der Waals surface area (Å²) in [5, 5.41) is 0. The van der Waals surface area contributed by atoms with Crippen molar-refractivity contribution in [2.24, 2.45) is 5.92 Å². The van der Waals surface area contributed by atoms with Gasteiger partial charge in [0, 0.05) is 0 Å². The van der Waals surface area contributed by atoms with E-state index in [1.807, 2.05) is 0 Å². The second-order valence-corrected chi connectivity index (χ2v) is 4.24. The summed E-state index contributed by atoms with van der Waals surface area (Å²) in [5.41, 5.74) is 1.61. The number of fused-ring (bicyclic) bond motifs is 1. The van der Waals surface area contributed by atoms with Gasteiger partial charge in [-0.1, -0.05) is 12.2 Å². The Hall–Kier alpha value is -0.300. The minimum atomic E-state index is 0.270. The highest BCUT2D eigenvalue weighted by Crippen LogP contribution is 2.50. The Morgan fingerprint density at radius 2 is 2.36 bits per heavy atom. The van der Waals surface area contributed by atoms with Crippen LogP contribution in [-0.2, 0) is 4.74 Å². The molecule has 1 saturated heterocycles. The Labute approximate surface area is 68.4 Å². The largest absolute Gasteiger partial charge is 0.366 e. The van der Waals surface area contributed by atoms with Crippen LogP contribution in [0.5, 0.6) is 0 Å². The average Bonchev–Trinajstić information content (AvgIpc) is 2.58. The third kappa shape index (κ3) is 1.12. The lowest BCUT2D eigenvalue weighted by Crippen LogP contribution is -2.21. The van der Waals surface area contributed by atoms with Gasteiger partial charge in [-0.15, -0.1) is 0 Å². The van der Waals surface area contributed by atoms with Gasteiger partial charge in [-0.05, 0) is 39.0 Å². The molecule has 1 saturated carbocycles. The Morgan fingerprint density at radius 3 is 2.91 bits per heavy atom. The van der Waals surface area contributed by atoms with E-state index in [0.29, 0.717) is 6.10 Å². The molecule has 1 aliphatic heterocycles. The molecule has 0 unspecified atom stereocenters. The van der Waals surface area contributed by atoms with E-state index in [2.05, 4.69) is 20.4 Å². The van der Waals surface area contributed by atoms with Crippen LogP contribution in [0.2, 0.25) is 0 Å². The lowest BCUT2D eigenvalue weighted by Gasteiger charge is -2.22. The van der Waals surface area contributed by atoms with E-state index in [9.17, 15) is 0 Å². The molecule has 0 bridgehead atoms. The summed E-state index contributed by atoms with van der Waals surface area (Å²) in [6.45, 7) is 8.36. The standard InChI is InChI=1S/C10H16O/c1-7(2)8-4-5-10(3)9(6-8)11-10/h8-9H,1,4-6H2,2-3H3/t8-,9-,10-/m0/s1. The molecule has 0 aromatic heterocycles. The Bertz CT molecular complexity index is 197. The fourth-order valence-corrected chi connectivity index (χ4v) is 2.09. The van der Waals surface area contributed by atoms with Crippen LogP contribution in [-0.4, -0.2) is 11.7 Å². The Kier molecular flexibility index (Phi) is 1.40. The first kappa shape index (κ1) is 7.35. The van der Waals surface area contributed by atoms with Gasteiger partial charge in [0.15, 0.2) is 0 Å². The number of hydrogen-bond donors (Lipinski definition) is 0. The summed E-state index contributed by atoms with van der Waals surface area (Å²) in [6.07, 6.45) is 4.28. The maximum atomic E-state index is 5.60. The number of hydrogen-bond acceptors (Lipinski definition) is 1. The number of rotatable bonds is 1. The third-order valence-electron chi connectivity index (χ3n) is 3.22. The zero-order valence-electron chi connectivity index (χ0n) is 7.39. The highest BCUT2D eigenvalue weighted by molar-refractivity contribution is 5.10. The molecule has 0 radical (unpaired) electrons. The SMILES string of the molecule is C=C(C)[C@H]1CC[C@]2(C)O[C@H]2C1. The summed E-state index contributed by atoms with van der Waals surface area (Å²) < 4.78 is 5.60. The summed E-state index contributed by atoms with van der Waals surface area (Å²) in [5.74, 6) is 0.732. The molecule has 11 heavy (non-hydrogen) atoms. The van der Waals surface area contributed by atoms with Crippen LogP contribution in [0.4, 0.5) is 0 Å². The molecule has 0 N–H and O–H groups in total. The first-order valence-corrected chi connectivity index (χ1v) is 4.45. The minimum absolute atomic E-state index is 0.270. The maximum Gasteiger partial charge on any atom is 0.0920 e. The van der Waals surface area contributed by atoms with Crippen molar-refractivity contribution in [3.8, 4) is 0 Å². The molecule has 0 amide bonds. The first-order valence-electron chi connectivity index (χ1n) is 4.45. The van der Waals surface area contributed by atoms with Crippen LogP contribution in [0.15, 0.2) is 12.2 Å². The fraction of sp³-hybridized carbons (Fsp3) is 0.800. The molecule has 1 nitrogen and oxygen atoms in total. The molecule has 1 heteroatoms. The van der Waals surface area contributed by atoms with E-state index < -0.39 is 0 Å². The Balaban J connectivity index is 1.98. The van der Waals surface area contributed by atoms with Gasteiger partial charge < -0.3 is 4.74 Å². The summed E-state index contributed by atoms with van der Waals surface area (Å²) >= 11 is 0. The molecule has 0 aromatic carbocycles. The predicted octanol–water partition coefficient (Wildman–Crippen LogP) is 2.52. The zero-order chi connectivity index (χ0) is 8.06. The summed E-state index contributed by atoms with van der Waals surface area (Å²) in [7, 11) is 0. The van der Waals surface area contributed by atoms with Gasteiger partial charge >= 0.3 is 0 Å². The third-order valence-corrected chi connectivity index (χ3v) is 3.22. The molecule has 2 aliphatic rings. The van der Waals surface area contributed by atoms with Crippen LogP contribution < -0.4 is 0 Å². The minimum Gasteiger partial charge on any atom is -0.366 e. The van der Waals surface area contributed by atoms with Crippen molar-refractivity contribution < 1.29 is 4.74 Å². The number of ether oxygens (including phenoxy) is 1. The van der Waals surface area contributed by atoms with Crippen LogP contribution >= 0.6 is 0 Å². The summed E-state index contributed by atoms with van der Waals surface area (Å²) in [4.78, 5) is 0. The molecule has 1 aliphatic carbocycles. The zero-order valence-corrected chi connectivity index (χ0v) is 7.39. The van der Waals surface area contributed by atoms with Crippen molar-refractivity contribution in [3.63, 3.8) is 0 Å². The predicted molar refractivity (Wildman–Crippen MR) is 45.4 cm³/mol. The van der Waals surface area contributed by atoms with Gasteiger partial charge in [-0.3, -0.25) is 0 Å². The molecule has 1 heterocycles. The van der Waals surface area contributed by atoms with Gasteiger partial charge in [0.1, 0.15) is 0 Å². The molecule has 62 valence electrons. The highest BCUT2D eigenvalue weighted by Gasteiger charge is 2.55. The van der Waals surface area contributed by atoms with Gasteiger partial charge in [0.2, 0.25) is 0 Å². The van der Waals surface area contributed by atoms with E-state index >= 15 is 0 Å². The molecular formula is C10H16O. The van der Waals surface area contributed by atoms with Crippen LogP contribution in [0.1, 0.15) is 33.1 Å². The monoisotopic (exact) mass is 152 g/mol. The lowest BCUT2D eigenvalue weighted by atomic mass is 9.80. The van der Waals surface area contributed by atoms with E-state index in [1.165, 1.54) is 24.8 Å². The molecular weight excluding hydrogens is 136 g/mol. The Morgan fingerprint density at radius 1 is 1.64 bits per heavy atom. The van der Waals surface area contributed by atoms with Gasteiger partial charge in [-0.2, -0.15) is 0 Å². The van der Waals surface area contributed by atoms with E-state index in [0.717, 1.165) is 5.92 Å². The topological polar surface area (TPSA) is 12.5 Å². The lowest BCUT2D eigenvalue weighted by molar-refractivity contribution is 0.303. The maximum absolute atomic E-state index is 5.60. The molecule has 0 spiro atoms. The van der Waals surface area contributed by atoms with Crippen molar-refractivity contribution in [2.45, 2.75) is 44.8 Å². The second-order valence-electron chi connectivity index (χ2n) is 4.24. The van der Waals surface area contributed by atoms with E-state index in [4.69, 9.17) is 4.74 Å². The van der Waals surface area contributed by atoms with Crippen LogP contribution in [0.25, 0.3) is 0 Å². The molecule has 0 aromatic rings. The number of allylic oxidation sites excluding steroid dienone is 1. The fourth-order valence-electron chi connectivity index (χ4n) is 2.09. The van der Waals surface area contributed by atoms with E-state index in [-0.39, 0.29) is 5.60 Å². The second kappa shape index (κ2) is 2.10. The summed E-state index contributed by atoms with van der Waals surface area (Å²) in [6, 6.07) is 0.